The maximum absolute atomic E-state index is 12.7. The molecule has 1 aliphatic heterocycles. The molecule has 152 valence electrons. The Kier molecular flexibility index (Phi) is 7.27. The third-order valence-electron chi connectivity index (χ3n) is 3.97. The van der Waals surface area contributed by atoms with Crippen molar-refractivity contribution in [1.82, 2.24) is 4.90 Å². The van der Waals surface area contributed by atoms with E-state index in [-0.39, 0.29) is 5.91 Å². The zero-order valence-corrected chi connectivity index (χ0v) is 19.4. The number of amides is 1. The van der Waals surface area contributed by atoms with Crippen LogP contribution in [0.3, 0.4) is 0 Å². The smallest absolute Gasteiger partial charge is 0.266 e. The zero-order valence-electron chi connectivity index (χ0n) is 16.2. The quantitative estimate of drug-likeness (QED) is 0.452. The van der Waals surface area contributed by atoms with E-state index in [9.17, 15) is 4.79 Å². The van der Waals surface area contributed by atoms with E-state index in [1.165, 1.54) is 16.7 Å². The predicted molar refractivity (Wildman–Crippen MR) is 123 cm³/mol. The van der Waals surface area contributed by atoms with Crippen molar-refractivity contribution in [3.63, 3.8) is 0 Å². The van der Waals surface area contributed by atoms with Crippen LogP contribution < -0.4 is 9.47 Å². The van der Waals surface area contributed by atoms with Gasteiger partial charge in [0.05, 0.1) is 28.3 Å². The maximum Gasteiger partial charge on any atom is 0.266 e. The van der Waals surface area contributed by atoms with E-state index in [1.54, 1.807) is 19.2 Å². The molecule has 29 heavy (non-hydrogen) atoms. The Morgan fingerprint density at radius 2 is 1.86 bits per heavy atom. The minimum absolute atomic E-state index is 0.106. The van der Waals surface area contributed by atoms with Crippen molar-refractivity contribution in [3.05, 3.63) is 56.4 Å². The summed E-state index contributed by atoms with van der Waals surface area (Å²) in [5, 5.41) is 1.25. The van der Waals surface area contributed by atoms with Crippen LogP contribution in [0.5, 0.6) is 11.5 Å². The highest BCUT2D eigenvalue weighted by Gasteiger charge is 2.30. The van der Waals surface area contributed by atoms with Crippen molar-refractivity contribution in [3.8, 4) is 11.5 Å². The molecular formula is C21H20BrClN2O3S. The van der Waals surface area contributed by atoms with Gasteiger partial charge < -0.3 is 9.47 Å². The van der Waals surface area contributed by atoms with Crippen molar-refractivity contribution in [1.29, 1.82) is 0 Å². The fourth-order valence-corrected chi connectivity index (χ4v) is 4.33. The molecule has 0 unspecified atom stereocenters. The normalized spacial score (nSPS) is 16.7. The summed E-state index contributed by atoms with van der Waals surface area (Å²) in [5.74, 6) is 1.18. The molecule has 0 radical (unpaired) electrons. The summed E-state index contributed by atoms with van der Waals surface area (Å²) in [4.78, 5) is 19.4. The lowest BCUT2D eigenvalue weighted by Gasteiger charge is -2.13. The second-order valence-corrected chi connectivity index (χ2v) is 8.34. The Morgan fingerprint density at radius 1 is 1.17 bits per heavy atom. The van der Waals surface area contributed by atoms with Crippen molar-refractivity contribution >= 4 is 62.1 Å². The molecule has 5 nitrogen and oxygen atoms in total. The van der Waals surface area contributed by atoms with Crippen LogP contribution >= 0.6 is 39.3 Å². The van der Waals surface area contributed by atoms with Crippen LogP contribution in [-0.2, 0) is 4.79 Å². The number of carbonyl (C=O) groups is 1. The molecule has 0 bridgehead atoms. The number of ether oxygens (including phenoxy) is 2. The Labute approximate surface area is 187 Å². The number of thioether (sulfide) groups is 1. The first-order chi connectivity index (χ1) is 13.9. The molecule has 2 aromatic carbocycles. The van der Waals surface area contributed by atoms with Gasteiger partial charge in [0, 0.05) is 12.1 Å². The molecule has 0 spiro atoms. The Hall–Kier alpha value is -1.96. The first-order valence-electron chi connectivity index (χ1n) is 9.04. The second-order valence-electron chi connectivity index (χ2n) is 6.04. The molecule has 2 aromatic rings. The van der Waals surface area contributed by atoms with E-state index >= 15 is 0 Å². The van der Waals surface area contributed by atoms with Crippen molar-refractivity contribution in [2.24, 2.45) is 4.99 Å². The largest absolute Gasteiger partial charge is 0.490 e. The summed E-state index contributed by atoms with van der Waals surface area (Å²) in [5.41, 5.74) is 1.57. The summed E-state index contributed by atoms with van der Waals surface area (Å²) in [6.07, 6.45) is 1.83. The van der Waals surface area contributed by atoms with Crippen LogP contribution in [0.15, 0.2) is 50.8 Å². The molecule has 3 rings (SSSR count). The molecule has 0 aromatic heterocycles. The number of aliphatic imine (C=N–C) groups is 1. The lowest BCUT2D eigenvalue weighted by atomic mass is 10.2. The van der Waals surface area contributed by atoms with Crippen molar-refractivity contribution < 1.29 is 14.3 Å². The first-order valence-corrected chi connectivity index (χ1v) is 11.0. The minimum Gasteiger partial charge on any atom is -0.490 e. The molecular weight excluding hydrogens is 476 g/mol. The second kappa shape index (κ2) is 9.69. The topological polar surface area (TPSA) is 51.1 Å². The Morgan fingerprint density at radius 3 is 2.52 bits per heavy atom. The lowest BCUT2D eigenvalue weighted by Crippen LogP contribution is -2.23. The number of benzene rings is 2. The van der Waals surface area contributed by atoms with Gasteiger partial charge in [-0.2, -0.15) is 0 Å². The molecule has 0 saturated carbocycles. The molecule has 0 aliphatic carbocycles. The van der Waals surface area contributed by atoms with E-state index in [1.807, 2.05) is 44.2 Å². The number of amidine groups is 1. The standard InChI is InChI=1S/C21H20BrClN2O3S/c1-4-27-17-11-13(10-16(22)19(17)28-5-2)12-18-20(26)25(3)21(29-18)24-15-8-6-14(23)7-9-15/h6-12H,4-5H2,1-3H3. The van der Waals surface area contributed by atoms with Gasteiger partial charge in [-0.1, -0.05) is 11.6 Å². The van der Waals surface area contributed by atoms with Gasteiger partial charge in [-0.25, -0.2) is 4.99 Å². The molecule has 0 N–H and O–H groups in total. The molecule has 1 amide bonds. The van der Waals surface area contributed by atoms with Crippen LogP contribution in [0.4, 0.5) is 5.69 Å². The summed E-state index contributed by atoms with van der Waals surface area (Å²) in [7, 11) is 1.71. The van der Waals surface area contributed by atoms with E-state index < -0.39 is 0 Å². The lowest BCUT2D eigenvalue weighted by molar-refractivity contribution is -0.121. The van der Waals surface area contributed by atoms with E-state index in [0.29, 0.717) is 39.8 Å². The number of nitrogens with zero attached hydrogens (tertiary/aromatic N) is 2. The Bertz CT molecular complexity index is 977. The van der Waals surface area contributed by atoms with Crippen LogP contribution in [0.1, 0.15) is 19.4 Å². The summed E-state index contributed by atoms with van der Waals surface area (Å²) >= 11 is 10.8. The summed E-state index contributed by atoms with van der Waals surface area (Å²) < 4.78 is 12.2. The molecule has 0 atom stereocenters. The maximum atomic E-state index is 12.7. The monoisotopic (exact) mass is 494 g/mol. The molecule has 1 aliphatic rings. The molecule has 1 saturated heterocycles. The minimum atomic E-state index is -0.106. The fourth-order valence-electron chi connectivity index (χ4n) is 2.65. The molecule has 1 fully saturated rings. The average Bonchev–Trinajstić information content (AvgIpc) is 2.94. The highest BCUT2D eigenvalue weighted by Crippen LogP contribution is 2.39. The van der Waals surface area contributed by atoms with Crippen LogP contribution in [-0.4, -0.2) is 36.2 Å². The van der Waals surface area contributed by atoms with Crippen molar-refractivity contribution in [2.75, 3.05) is 20.3 Å². The number of hydrogen-bond acceptors (Lipinski definition) is 5. The zero-order chi connectivity index (χ0) is 21.0. The van der Waals surface area contributed by atoms with Gasteiger partial charge in [0.25, 0.3) is 5.91 Å². The number of halogens is 2. The van der Waals surface area contributed by atoms with Gasteiger partial charge in [-0.3, -0.25) is 9.69 Å². The third-order valence-corrected chi connectivity index (χ3v) is 5.87. The van der Waals surface area contributed by atoms with Crippen LogP contribution in [0.2, 0.25) is 5.02 Å². The third kappa shape index (κ3) is 5.15. The van der Waals surface area contributed by atoms with Gasteiger partial charge in [0.1, 0.15) is 0 Å². The van der Waals surface area contributed by atoms with E-state index in [0.717, 1.165) is 15.7 Å². The molecule has 1 heterocycles. The number of likely N-dealkylation sites (N-methyl/N-ethyl adjacent to an activating group) is 1. The van der Waals surface area contributed by atoms with Crippen molar-refractivity contribution in [2.45, 2.75) is 13.8 Å². The average molecular weight is 496 g/mol. The fraction of sp³-hybridized carbons (Fsp3) is 0.238. The molecule has 8 heteroatoms. The van der Waals surface area contributed by atoms with Gasteiger partial charge in [0.15, 0.2) is 16.7 Å². The predicted octanol–water partition coefficient (Wildman–Crippen LogP) is 6.13. The van der Waals surface area contributed by atoms with Crippen LogP contribution in [0, 0.1) is 0 Å². The van der Waals surface area contributed by atoms with Gasteiger partial charge in [-0.15, -0.1) is 0 Å². The van der Waals surface area contributed by atoms with Crippen LogP contribution in [0.25, 0.3) is 6.08 Å². The summed E-state index contributed by atoms with van der Waals surface area (Å²) in [6, 6.07) is 10.9. The number of hydrogen-bond donors (Lipinski definition) is 0. The first kappa shape index (κ1) is 21.7. The van der Waals surface area contributed by atoms with E-state index in [2.05, 4.69) is 20.9 Å². The number of carbonyl (C=O) groups excluding carboxylic acids is 1. The van der Waals surface area contributed by atoms with Gasteiger partial charge in [-0.05, 0) is 89.6 Å². The highest BCUT2D eigenvalue weighted by molar-refractivity contribution is 9.10. The van der Waals surface area contributed by atoms with Gasteiger partial charge >= 0.3 is 0 Å². The SMILES string of the molecule is CCOc1cc(C=C2SC(=Nc3ccc(Cl)cc3)N(C)C2=O)cc(Br)c1OCC. The Balaban J connectivity index is 1.92. The van der Waals surface area contributed by atoms with E-state index in [4.69, 9.17) is 21.1 Å². The van der Waals surface area contributed by atoms with Gasteiger partial charge in [0.2, 0.25) is 0 Å². The number of rotatable bonds is 6. The summed E-state index contributed by atoms with van der Waals surface area (Å²) in [6.45, 7) is 4.88. The highest BCUT2D eigenvalue weighted by atomic mass is 79.9.